The summed E-state index contributed by atoms with van der Waals surface area (Å²) in [6, 6.07) is 4.69. The zero-order chi connectivity index (χ0) is 12.1. The third-order valence-electron chi connectivity index (χ3n) is 2.06. The van der Waals surface area contributed by atoms with Crippen LogP contribution < -0.4 is 0 Å². The second-order valence-corrected chi connectivity index (χ2v) is 3.07. The maximum absolute atomic E-state index is 11.4. The molecule has 0 spiro atoms. The van der Waals surface area contributed by atoms with Crippen LogP contribution in [0.1, 0.15) is 33.2 Å². The number of methoxy groups -OCH3 is 1. The number of hydrogen-bond donors (Lipinski definition) is 1. The number of carboxylic acid groups (broad SMARTS) is 1. The van der Waals surface area contributed by atoms with E-state index in [1.54, 1.807) is 31.2 Å². The molecule has 4 nitrogen and oxygen atoms in total. The van der Waals surface area contributed by atoms with E-state index in [0.29, 0.717) is 5.56 Å². The van der Waals surface area contributed by atoms with E-state index in [-0.39, 0.29) is 11.1 Å². The summed E-state index contributed by atoms with van der Waals surface area (Å²) in [5.74, 6) is -1.79. The second-order valence-electron chi connectivity index (χ2n) is 3.07. The predicted octanol–water partition coefficient (Wildman–Crippen LogP) is 2.20. The van der Waals surface area contributed by atoms with E-state index in [0.717, 1.165) is 0 Å². The molecule has 0 heterocycles. The van der Waals surface area contributed by atoms with Crippen molar-refractivity contribution in [2.75, 3.05) is 7.11 Å². The van der Waals surface area contributed by atoms with Gasteiger partial charge in [0.05, 0.1) is 18.2 Å². The normalized spacial score (nSPS) is 10.4. The van der Waals surface area contributed by atoms with Crippen molar-refractivity contribution in [3.05, 3.63) is 41.0 Å². The van der Waals surface area contributed by atoms with Crippen LogP contribution in [0.15, 0.2) is 24.3 Å². The molecule has 0 radical (unpaired) electrons. The van der Waals surface area contributed by atoms with Crippen molar-refractivity contribution in [2.45, 2.75) is 6.92 Å². The van der Waals surface area contributed by atoms with Gasteiger partial charge in [-0.15, -0.1) is 0 Å². The van der Waals surface area contributed by atoms with Gasteiger partial charge in [-0.05, 0) is 18.6 Å². The van der Waals surface area contributed by atoms with Gasteiger partial charge in [0, 0.05) is 0 Å². The fourth-order valence-corrected chi connectivity index (χ4v) is 1.41. The number of rotatable bonds is 3. The Morgan fingerprint density at radius 3 is 2.56 bits per heavy atom. The summed E-state index contributed by atoms with van der Waals surface area (Å²) in [5, 5.41) is 9.08. The van der Waals surface area contributed by atoms with Crippen LogP contribution in [0.5, 0.6) is 0 Å². The number of ether oxygens (including phenoxy) is 1. The number of carboxylic acids is 1. The van der Waals surface area contributed by atoms with Gasteiger partial charge < -0.3 is 9.84 Å². The number of benzene rings is 1. The van der Waals surface area contributed by atoms with Gasteiger partial charge in [-0.25, -0.2) is 9.59 Å². The van der Waals surface area contributed by atoms with Crippen molar-refractivity contribution in [2.24, 2.45) is 0 Å². The Bertz CT molecular complexity index is 446. The highest BCUT2D eigenvalue weighted by atomic mass is 16.5. The summed E-state index contributed by atoms with van der Waals surface area (Å²) in [7, 11) is 1.22. The summed E-state index contributed by atoms with van der Waals surface area (Å²) in [5.41, 5.74) is 0.510. The van der Waals surface area contributed by atoms with E-state index in [1.165, 1.54) is 13.2 Å². The molecule has 0 aliphatic rings. The van der Waals surface area contributed by atoms with Gasteiger partial charge in [0.1, 0.15) is 0 Å². The molecule has 0 amide bonds. The van der Waals surface area contributed by atoms with Gasteiger partial charge in [-0.3, -0.25) is 0 Å². The summed E-state index contributed by atoms with van der Waals surface area (Å²) in [4.78, 5) is 22.5. The van der Waals surface area contributed by atoms with E-state index in [4.69, 9.17) is 5.11 Å². The smallest absolute Gasteiger partial charge is 0.338 e. The Hall–Kier alpha value is -2.10. The molecule has 0 saturated carbocycles. The van der Waals surface area contributed by atoms with Crippen LogP contribution >= 0.6 is 0 Å². The van der Waals surface area contributed by atoms with Crippen LogP contribution in [0.4, 0.5) is 0 Å². The summed E-state index contributed by atoms with van der Waals surface area (Å²) >= 11 is 0. The van der Waals surface area contributed by atoms with Crippen molar-refractivity contribution < 1.29 is 19.4 Å². The van der Waals surface area contributed by atoms with Crippen LogP contribution in [-0.4, -0.2) is 24.2 Å². The molecule has 0 fully saturated rings. The van der Waals surface area contributed by atoms with Crippen molar-refractivity contribution in [1.82, 2.24) is 0 Å². The van der Waals surface area contributed by atoms with Gasteiger partial charge in [0.25, 0.3) is 0 Å². The zero-order valence-corrected chi connectivity index (χ0v) is 9.06. The van der Waals surface area contributed by atoms with Crippen molar-refractivity contribution in [3.8, 4) is 0 Å². The van der Waals surface area contributed by atoms with Gasteiger partial charge in [-0.2, -0.15) is 0 Å². The lowest BCUT2D eigenvalue weighted by atomic mass is 10.0. The first-order valence-corrected chi connectivity index (χ1v) is 4.69. The predicted molar refractivity (Wildman–Crippen MR) is 59.4 cm³/mol. The minimum absolute atomic E-state index is 0.0348. The fourth-order valence-electron chi connectivity index (χ4n) is 1.41. The third kappa shape index (κ3) is 2.28. The molecule has 1 aromatic carbocycles. The zero-order valence-electron chi connectivity index (χ0n) is 9.06. The van der Waals surface area contributed by atoms with Crippen LogP contribution in [0.2, 0.25) is 0 Å². The van der Waals surface area contributed by atoms with Gasteiger partial charge in [0.15, 0.2) is 0 Å². The average Bonchev–Trinajstić information content (AvgIpc) is 2.27. The molecular weight excluding hydrogens is 208 g/mol. The molecule has 0 aliphatic carbocycles. The molecule has 16 heavy (non-hydrogen) atoms. The number of carbonyl (C=O) groups excluding carboxylic acids is 1. The van der Waals surface area contributed by atoms with E-state index in [9.17, 15) is 9.59 Å². The Morgan fingerprint density at radius 2 is 2.06 bits per heavy atom. The molecule has 4 heteroatoms. The number of allylic oxidation sites excluding steroid dienone is 1. The first-order valence-electron chi connectivity index (χ1n) is 4.69. The molecule has 1 rings (SSSR count). The monoisotopic (exact) mass is 220 g/mol. The van der Waals surface area contributed by atoms with Gasteiger partial charge in [-0.1, -0.05) is 24.3 Å². The van der Waals surface area contributed by atoms with Gasteiger partial charge in [0.2, 0.25) is 0 Å². The number of carbonyl (C=O) groups is 2. The first kappa shape index (κ1) is 12.0. The molecule has 1 N–H and O–H groups in total. The Morgan fingerprint density at radius 1 is 1.38 bits per heavy atom. The van der Waals surface area contributed by atoms with E-state index in [2.05, 4.69) is 4.74 Å². The molecule has 1 aromatic rings. The Kier molecular flexibility index (Phi) is 3.83. The Balaban J connectivity index is 3.44. The number of aromatic carboxylic acids is 1. The van der Waals surface area contributed by atoms with E-state index < -0.39 is 11.9 Å². The first-order chi connectivity index (χ1) is 7.61. The number of hydrogen-bond acceptors (Lipinski definition) is 3. The van der Waals surface area contributed by atoms with E-state index in [1.807, 2.05) is 0 Å². The lowest BCUT2D eigenvalue weighted by Gasteiger charge is -2.06. The standard InChI is InChI=1S/C12H12O4/c1-3-5-8-6-4-7-9(12(15)16-2)10(8)11(13)14/h3-7H,1-2H3,(H,13,14)/b5-3-. The van der Waals surface area contributed by atoms with E-state index >= 15 is 0 Å². The van der Waals surface area contributed by atoms with Crippen LogP contribution in [0, 0.1) is 0 Å². The third-order valence-corrected chi connectivity index (χ3v) is 2.06. The molecule has 0 aliphatic heterocycles. The lowest BCUT2D eigenvalue weighted by Crippen LogP contribution is -2.11. The molecule has 0 bridgehead atoms. The summed E-state index contributed by atoms with van der Waals surface area (Å²) < 4.78 is 4.53. The fraction of sp³-hybridized carbons (Fsp3) is 0.167. The molecule has 0 atom stereocenters. The van der Waals surface area contributed by atoms with Crippen molar-refractivity contribution in [1.29, 1.82) is 0 Å². The largest absolute Gasteiger partial charge is 0.478 e. The quantitative estimate of drug-likeness (QED) is 0.793. The van der Waals surface area contributed by atoms with Crippen LogP contribution in [0.25, 0.3) is 6.08 Å². The van der Waals surface area contributed by atoms with Crippen molar-refractivity contribution >= 4 is 18.0 Å². The maximum atomic E-state index is 11.4. The van der Waals surface area contributed by atoms with Crippen molar-refractivity contribution in [3.63, 3.8) is 0 Å². The number of esters is 1. The summed E-state index contributed by atoms with van der Waals surface area (Å²) in [6.45, 7) is 1.77. The lowest BCUT2D eigenvalue weighted by molar-refractivity contribution is 0.0582. The van der Waals surface area contributed by atoms with Gasteiger partial charge >= 0.3 is 11.9 Å². The minimum atomic E-state index is -1.14. The molecule has 0 aromatic heterocycles. The second kappa shape index (κ2) is 5.11. The highest BCUT2D eigenvalue weighted by molar-refractivity contribution is 6.04. The summed E-state index contributed by atoms with van der Waals surface area (Å²) in [6.07, 6.45) is 3.35. The molecule has 0 saturated heterocycles. The van der Waals surface area contributed by atoms with Crippen LogP contribution in [-0.2, 0) is 4.74 Å². The minimum Gasteiger partial charge on any atom is -0.478 e. The highest BCUT2D eigenvalue weighted by Crippen LogP contribution is 2.17. The highest BCUT2D eigenvalue weighted by Gasteiger charge is 2.19. The Labute approximate surface area is 93.2 Å². The topological polar surface area (TPSA) is 63.6 Å². The van der Waals surface area contributed by atoms with Crippen LogP contribution in [0.3, 0.4) is 0 Å². The SMILES string of the molecule is C/C=C\c1cccc(C(=O)OC)c1C(=O)O. The molecular formula is C12H12O4. The average molecular weight is 220 g/mol. The molecule has 84 valence electrons. The molecule has 0 unspecified atom stereocenters. The maximum Gasteiger partial charge on any atom is 0.338 e.